The van der Waals surface area contributed by atoms with Crippen LogP contribution in [0.25, 0.3) is 0 Å². The lowest BCUT2D eigenvalue weighted by atomic mass is 9.94. The quantitative estimate of drug-likeness (QED) is 0.653. The van der Waals surface area contributed by atoms with Gasteiger partial charge in [0.15, 0.2) is 0 Å². The van der Waals surface area contributed by atoms with Crippen molar-refractivity contribution in [3.8, 4) is 0 Å². The third-order valence-electron chi connectivity index (χ3n) is 2.60. The molecule has 0 saturated heterocycles. The molecule has 0 heterocycles. The van der Waals surface area contributed by atoms with Crippen molar-refractivity contribution in [2.45, 2.75) is 46.0 Å². The van der Waals surface area contributed by atoms with E-state index in [1.165, 1.54) is 0 Å². The van der Waals surface area contributed by atoms with Crippen LogP contribution in [0.3, 0.4) is 0 Å². The van der Waals surface area contributed by atoms with Crippen LogP contribution in [-0.4, -0.2) is 22.2 Å². The van der Waals surface area contributed by atoms with Crippen LogP contribution < -0.4 is 0 Å². The van der Waals surface area contributed by atoms with Gasteiger partial charge < -0.3 is 10.2 Å². The Bertz CT molecular complexity index is 213. The minimum Gasteiger partial charge on any atom is -0.481 e. The second-order valence-corrected chi connectivity index (χ2v) is 4.21. The van der Waals surface area contributed by atoms with E-state index in [4.69, 9.17) is 10.2 Å². The Labute approximate surface area is 90.3 Å². The van der Waals surface area contributed by atoms with Gasteiger partial charge in [0.1, 0.15) is 0 Å². The molecular formula is C11H20O4. The molecule has 0 fully saturated rings. The molecule has 4 nitrogen and oxygen atoms in total. The molecule has 0 bridgehead atoms. The molecule has 0 aromatic carbocycles. The molecule has 88 valence electrons. The van der Waals surface area contributed by atoms with E-state index >= 15 is 0 Å². The lowest BCUT2D eigenvalue weighted by Gasteiger charge is -2.12. The van der Waals surface area contributed by atoms with Crippen LogP contribution in [0.2, 0.25) is 0 Å². The van der Waals surface area contributed by atoms with E-state index in [2.05, 4.69) is 0 Å². The van der Waals surface area contributed by atoms with Gasteiger partial charge in [-0.2, -0.15) is 0 Å². The van der Waals surface area contributed by atoms with Crippen LogP contribution in [0.15, 0.2) is 0 Å². The predicted molar refractivity (Wildman–Crippen MR) is 56.7 cm³/mol. The Kier molecular flexibility index (Phi) is 6.75. The second kappa shape index (κ2) is 7.26. The standard InChI is InChI=1S/C11H20O4/c1-8(4-3-5-10(12)13)6-7-9(2)11(14)15/h8-9H,3-7H2,1-2H3,(H,12,13)(H,14,15). The first kappa shape index (κ1) is 13.9. The molecule has 2 unspecified atom stereocenters. The Morgan fingerprint density at radius 2 is 1.67 bits per heavy atom. The zero-order valence-electron chi connectivity index (χ0n) is 9.40. The summed E-state index contributed by atoms with van der Waals surface area (Å²) in [5.74, 6) is -1.41. The summed E-state index contributed by atoms with van der Waals surface area (Å²) in [5.41, 5.74) is 0. The number of aliphatic carboxylic acids is 2. The summed E-state index contributed by atoms with van der Waals surface area (Å²) in [4.78, 5) is 20.8. The maximum atomic E-state index is 10.5. The van der Waals surface area contributed by atoms with Crippen molar-refractivity contribution in [3.05, 3.63) is 0 Å². The van der Waals surface area contributed by atoms with Gasteiger partial charge in [0.05, 0.1) is 5.92 Å². The summed E-state index contributed by atoms with van der Waals surface area (Å²) in [6.07, 6.45) is 3.27. The van der Waals surface area contributed by atoms with Crippen molar-refractivity contribution < 1.29 is 19.8 Å². The van der Waals surface area contributed by atoms with E-state index in [0.29, 0.717) is 18.8 Å². The van der Waals surface area contributed by atoms with E-state index in [1.54, 1.807) is 6.92 Å². The third-order valence-corrected chi connectivity index (χ3v) is 2.60. The number of carbonyl (C=O) groups is 2. The Hall–Kier alpha value is -1.06. The Balaban J connectivity index is 3.52. The lowest BCUT2D eigenvalue weighted by molar-refractivity contribution is -0.141. The zero-order chi connectivity index (χ0) is 11.8. The normalized spacial score (nSPS) is 14.5. The van der Waals surface area contributed by atoms with Crippen LogP contribution in [0.5, 0.6) is 0 Å². The van der Waals surface area contributed by atoms with E-state index in [0.717, 1.165) is 12.8 Å². The van der Waals surface area contributed by atoms with Gasteiger partial charge in [-0.1, -0.05) is 20.3 Å². The number of carboxylic acids is 2. The molecule has 2 atom stereocenters. The molecule has 0 spiro atoms. The average Bonchev–Trinajstić information content (AvgIpc) is 2.13. The average molecular weight is 216 g/mol. The lowest BCUT2D eigenvalue weighted by Crippen LogP contribution is -2.10. The van der Waals surface area contributed by atoms with Crippen LogP contribution in [-0.2, 0) is 9.59 Å². The number of hydrogen-bond donors (Lipinski definition) is 2. The highest BCUT2D eigenvalue weighted by molar-refractivity contribution is 5.69. The molecule has 0 aromatic rings. The van der Waals surface area contributed by atoms with Gasteiger partial charge in [0.25, 0.3) is 0 Å². The Morgan fingerprint density at radius 1 is 1.07 bits per heavy atom. The van der Waals surface area contributed by atoms with Crippen LogP contribution in [0, 0.1) is 11.8 Å². The van der Waals surface area contributed by atoms with E-state index < -0.39 is 11.9 Å². The molecule has 2 N–H and O–H groups in total. The van der Waals surface area contributed by atoms with Crippen molar-refractivity contribution in [3.63, 3.8) is 0 Å². The molecule has 0 radical (unpaired) electrons. The molecule has 0 amide bonds. The fraction of sp³-hybridized carbons (Fsp3) is 0.818. The molecule has 0 aromatic heterocycles. The van der Waals surface area contributed by atoms with E-state index in [1.807, 2.05) is 6.92 Å². The highest BCUT2D eigenvalue weighted by atomic mass is 16.4. The van der Waals surface area contributed by atoms with Crippen molar-refractivity contribution in [2.75, 3.05) is 0 Å². The van der Waals surface area contributed by atoms with Crippen LogP contribution in [0.1, 0.15) is 46.0 Å². The number of carboxylic acid groups (broad SMARTS) is 2. The second-order valence-electron chi connectivity index (χ2n) is 4.21. The van der Waals surface area contributed by atoms with Crippen molar-refractivity contribution in [1.29, 1.82) is 0 Å². The fourth-order valence-electron chi connectivity index (χ4n) is 1.40. The molecule has 4 heteroatoms. The molecule has 0 aliphatic rings. The molecule has 15 heavy (non-hydrogen) atoms. The van der Waals surface area contributed by atoms with Gasteiger partial charge in [-0.05, 0) is 25.2 Å². The SMILES string of the molecule is CC(CCCC(=O)O)CCC(C)C(=O)O. The minimum absolute atomic E-state index is 0.207. The molecule has 0 saturated carbocycles. The molecule has 0 aliphatic heterocycles. The van der Waals surface area contributed by atoms with Gasteiger partial charge in [-0.15, -0.1) is 0 Å². The number of rotatable bonds is 8. The highest BCUT2D eigenvalue weighted by Gasteiger charge is 2.12. The van der Waals surface area contributed by atoms with Gasteiger partial charge in [0, 0.05) is 6.42 Å². The number of hydrogen-bond acceptors (Lipinski definition) is 2. The van der Waals surface area contributed by atoms with Crippen LogP contribution >= 0.6 is 0 Å². The largest absolute Gasteiger partial charge is 0.481 e. The van der Waals surface area contributed by atoms with Gasteiger partial charge in [-0.3, -0.25) is 9.59 Å². The summed E-state index contributed by atoms with van der Waals surface area (Å²) >= 11 is 0. The van der Waals surface area contributed by atoms with Crippen LogP contribution in [0.4, 0.5) is 0 Å². The summed E-state index contributed by atoms with van der Waals surface area (Å²) in [6, 6.07) is 0. The molecular weight excluding hydrogens is 196 g/mol. The summed E-state index contributed by atoms with van der Waals surface area (Å²) in [7, 11) is 0. The first-order chi connectivity index (χ1) is 6.93. The summed E-state index contributed by atoms with van der Waals surface area (Å²) in [5, 5.41) is 17.1. The van der Waals surface area contributed by atoms with Crippen molar-refractivity contribution in [1.82, 2.24) is 0 Å². The monoisotopic (exact) mass is 216 g/mol. The fourth-order valence-corrected chi connectivity index (χ4v) is 1.40. The highest BCUT2D eigenvalue weighted by Crippen LogP contribution is 2.17. The first-order valence-electron chi connectivity index (χ1n) is 5.38. The van der Waals surface area contributed by atoms with Gasteiger partial charge in [0.2, 0.25) is 0 Å². The maximum absolute atomic E-state index is 10.5. The van der Waals surface area contributed by atoms with E-state index in [9.17, 15) is 9.59 Å². The maximum Gasteiger partial charge on any atom is 0.306 e. The molecule has 0 aliphatic carbocycles. The topological polar surface area (TPSA) is 74.6 Å². The first-order valence-corrected chi connectivity index (χ1v) is 5.38. The smallest absolute Gasteiger partial charge is 0.306 e. The Morgan fingerprint density at radius 3 is 2.13 bits per heavy atom. The van der Waals surface area contributed by atoms with Crippen molar-refractivity contribution in [2.24, 2.45) is 11.8 Å². The van der Waals surface area contributed by atoms with E-state index in [-0.39, 0.29) is 12.3 Å². The van der Waals surface area contributed by atoms with Gasteiger partial charge in [-0.25, -0.2) is 0 Å². The summed E-state index contributed by atoms with van der Waals surface area (Å²) < 4.78 is 0. The molecule has 0 rings (SSSR count). The predicted octanol–water partition coefficient (Wildman–Crippen LogP) is 2.38. The van der Waals surface area contributed by atoms with Crippen molar-refractivity contribution >= 4 is 11.9 Å². The van der Waals surface area contributed by atoms with Gasteiger partial charge >= 0.3 is 11.9 Å². The summed E-state index contributed by atoms with van der Waals surface area (Å²) in [6.45, 7) is 3.74. The zero-order valence-corrected chi connectivity index (χ0v) is 9.40. The minimum atomic E-state index is -0.763. The third kappa shape index (κ3) is 7.97.